The smallest absolute Gasteiger partial charge is 0.169 e. The largest absolute Gasteiger partial charge is 0.208 e. The zero-order chi connectivity index (χ0) is 8.39. The molecule has 0 aliphatic rings. The Bertz CT molecular complexity index is 352. The van der Waals surface area contributed by atoms with E-state index in [9.17, 15) is 0 Å². The summed E-state index contributed by atoms with van der Waals surface area (Å²) in [5.74, 6) is 0. The Kier molecular flexibility index (Phi) is 1.83. The van der Waals surface area contributed by atoms with Crippen LogP contribution in [0.1, 0.15) is 0 Å². The number of aromatic nitrogens is 3. The van der Waals surface area contributed by atoms with E-state index in [4.69, 9.17) is 0 Å². The third kappa shape index (κ3) is 1.33. The molecule has 4 heteroatoms. The molecule has 12 heavy (non-hydrogen) atoms. The van der Waals surface area contributed by atoms with Crippen LogP contribution in [-0.2, 0) is 7.05 Å². The molecule has 0 aromatic carbocycles. The van der Waals surface area contributed by atoms with Gasteiger partial charge < -0.3 is 0 Å². The van der Waals surface area contributed by atoms with Crippen LogP contribution in [0.25, 0.3) is 10.4 Å². The summed E-state index contributed by atoms with van der Waals surface area (Å²) < 4.78 is 5.80. The molecule has 0 saturated heterocycles. The highest BCUT2D eigenvalue weighted by Gasteiger charge is 2.00. The monoisotopic (exact) mass is 178 g/mol. The zero-order valence-electron chi connectivity index (χ0n) is 6.64. The lowest BCUT2D eigenvalue weighted by molar-refractivity contribution is -0.671. The van der Waals surface area contributed by atoms with Crippen molar-refractivity contribution in [3.8, 4) is 10.4 Å². The second kappa shape index (κ2) is 2.98. The summed E-state index contributed by atoms with van der Waals surface area (Å²) in [7, 11) is 1.99. The predicted molar refractivity (Wildman–Crippen MR) is 46.5 cm³/mol. The van der Waals surface area contributed by atoms with Crippen molar-refractivity contribution >= 4 is 11.5 Å². The van der Waals surface area contributed by atoms with E-state index in [1.54, 1.807) is 6.20 Å². The van der Waals surface area contributed by atoms with E-state index in [1.807, 2.05) is 24.0 Å². The van der Waals surface area contributed by atoms with Crippen molar-refractivity contribution in [3.63, 3.8) is 0 Å². The Morgan fingerprint density at radius 3 is 2.67 bits per heavy atom. The molecule has 2 aromatic heterocycles. The highest BCUT2D eigenvalue weighted by Crippen LogP contribution is 2.19. The van der Waals surface area contributed by atoms with E-state index in [-0.39, 0.29) is 0 Å². The first kappa shape index (κ1) is 7.36. The molecule has 0 N–H and O–H groups in total. The van der Waals surface area contributed by atoms with Crippen LogP contribution in [0.5, 0.6) is 0 Å². The first-order chi connectivity index (χ1) is 5.86. The molecule has 0 aliphatic carbocycles. The molecule has 0 spiro atoms. The fourth-order valence-corrected chi connectivity index (χ4v) is 1.48. The summed E-state index contributed by atoms with van der Waals surface area (Å²) in [6, 6.07) is 4.10. The first-order valence-electron chi connectivity index (χ1n) is 3.59. The minimum atomic E-state index is 1.11. The average molecular weight is 178 g/mol. The minimum Gasteiger partial charge on any atom is -0.208 e. The highest BCUT2D eigenvalue weighted by atomic mass is 32.1. The highest BCUT2D eigenvalue weighted by molar-refractivity contribution is 7.09. The number of rotatable bonds is 1. The maximum Gasteiger partial charge on any atom is 0.169 e. The molecule has 0 amide bonds. The molecule has 0 bridgehead atoms. The molecule has 2 heterocycles. The van der Waals surface area contributed by atoms with Gasteiger partial charge >= 0.3 is 0 Å². The Balaban J connectivity index is 2.43. The molecule has 60 valence electrons. The van der Waals surface area contributed by atoms with Gasteiger partial charge in [-0.25, -0.2) is 4.57 Å². The summed E-state index contributed by atoms with van der Waals surface area (Å²) in [6.45, 7) is 0. The molecular weight excluding hydrogens is 170 g/mol. The van der Waals surface area contributed by atoms with Gasteiger partial charge in [0.15, 0.2) is 12.4 Å². The molecule has 0 unspecified atom stereocenters. The number of hydrogen-bond acceptors (Lipinski definition) is 3. The first-order valence-corrected chi connectivity index (χ1v) is 4.36. The standard InChI is InChI=1S/C8H8N3S/c1-11-4-2-7(3-5-11)8-6-9-10-12-8/h2-6H,1H3/q+1. The van der Waals surface area contributed by atoms with Gasteiger partial charge in [-0.15, -0.1) is 5.10 Å². The van der Waals surface area contributed by atoms with Gasteiger partial charge in [-0.3, -0.25) is 0 Å². The third-order valence-electron chi connectivity index (χ3n) is 1.62. The number of nitrogens with zero attached hydrogens (tertiary/aromatic N) is 3. The van der Waals surface area contributed by atoms with Crippen LogP contribution in [0.3, 0.4) is 0 Å². The molecule has 2 rings (SSSR count). The summed E-state index contributed by atoms with van der Waals surface area (Å²) in [5.41, 5.74) is 1.17. The van der Waals surface area contributed by atoms with Crippen LogP contribution in [-0.4, -0.2) is 9.59 Å². The normalized spacial score (nSPS) is 10.1. The number of aryl methyl sites for hydroxylation is 1. The van der Waals surface area contributed by atoms with Crippen LogP contribution in [0.15, 0.2) is 30.7 Å². The Labute approximate surface area is 74.5 Å². The van der Waals surface area contributed by atoms with Crippen molar-refractivity contribution in [2.24, 2.45) is 7.05 Å². The van der Waals surface area contributed by atoms with Gasteiger partial charge in [0.25, 0.3) is 0 Å². The van der Waals surface area contributed by atoms with E-state index in [2.05, 4.69) is 21.7 Å². The molecular formula is C8H8N3S+. The van der Waals surface area contributed by atoms with Gasteiger partial charge in [-0.05, 0) is 11.5 Å². The van der Waals surface area contributed by atoms with Gasteiger partial charge in [0.2, 0.25) is 0 Å². The van der Waals surface area contributed by atoms with Crippen molar-refractivity contribution in [2.75, 3.05) is 0 Å². The lowest BCUT2D eigenvalue weighted by Gasteiger charge is -1.91. The quantitative estimate of drug-likeness (QED) is 0.610. The average Bonchev–Trinajstić information content (AvgIpc) is 2.58. The van der Waals surface area contributed by atoms with Crippen molar-refractivity contribution < 1.29 is 4.57 Å². The Morgan fingerprint density at radius 1 is 1.33 bits per heavy atom. The second-order valence-corrected chi connectivity index (χ2v) is 3.32. The molecule has 0 aliphatic heterocycles. The van der Waals surface area contributed by atoms with Gasteiger partial charge in [0.1, 0.15) is 7.05 Å². The maximum absolute atomic E-state index is 3.81. The molecule has 0 atom stereocenters. The minimum absolute atomic E-state index is 1.11. The van der Waals surface area contributed by atoms with Crippen molar-refractivity contribution in [1.82, 2.24) is 9.59 Å². The van der Waals surface area contributed by atoms with Crippen LogP contribution >= 0.6 is 11.5 Å². The van der Waals surface area contributed by atoms with Crippen LogP contribution in [0, 0.1) is 0 Å². The summed E-state index contributed by atoms with van der Waals surface area (Å²) in [6.07, 6.45) is 5.80. The van der Waals surface area contributed by atoms with Gasteiger partial charge in [-0.2, -0.15) is 0 Å². The predicted octanol–water partition coefficient (Wildman–Crippen LogP) is 1.03. The van der Waals surface area contributed by atoms with Crippen molar-refractivity contribution in [1.29, 1.82) is 0 Å². The lowest BCUT2D eigenvalue weighted by Crippen LogP contribution is -2.25. The number of pyridine rings is 1. The molecule has 2 aromatic rings. The second-order valence-electron chi connectivity index (χ2n) is 2.53. The van der Waals surface area contributed by atoms with E-state index in [0.717, 1.165) is 4.88 Å². The van der Waals surface area contributed by atoms with E-state index >= 15 is 0 Å². The van der Waals surface area contributed by atoms with Gasteiger partial charge in [0, 0.05) is 17.7 Å². The van der Waals surface area contributed by atoms with Gasteiger partial charge in [0.05, 0.1) is 11.1 Å². The van der Waals surface area contributed by atoms with Crippen molar-refractivity contribution in [2.45, 2.75) is 0 Å². The molecule has 0 fully saturated rings. The van der Waals surface area contributed by atoms with E-state index in [0.29, 0.717) is 0 Å². The fraction of sp³-hybridized carbons (Fsp3) is 0.125. The number of hydrogen-bond donors (Lipinski definition) is 0. The third-order valence-corrected chi connectivity index (χ3v) is 2.34. The van der Waals surface area contributed by atoms with Crippen molar-refractivity contribution in [3.05, 3.63) is 30.7 Å². The maximum atomic E-state index is 3.81. The SMILES string of the molecule is C[n+]1ccc(-c2cnns2)cc1. The fourth-order valence-electron chi connectivity index (χ4n) is 0.960. The van der Waals surface area contributed by atoms with Crippen LogP contribution < -0.4 is 4.57 Å². The lowest BCUT2D eigenvalue weighted by atomic mass is 10.2. The molecule has 3 nitrogen and oxygen atoms in total. The molecule has 0 radical (unpaired) electrons. The molecule has 0 saturated carbocycles. The summed E-state index contributed by atoms with van der Waals surface area (Å²) in [5, 5.41) is 3.78. The summed E-state index contributed by atoms with van der Waals surface area (Å²) >= 11 is 1.41. The van der Waals surface area contributed by atoms with E-state index in [1.165, 1.54) is 17.1 Å². The summed E-state index contributed by atoms with van der Waals surface area (Å²) in [4.78, 5) is 1.11. The van der Waals surface area contributed by atoms with Crippen LogP contribution in [0.4, 0.5) is 0 Å². The topological polar surface area (TPSA) is 29.7 Å². The van der Waals surface area contributed by atoms with Crippen LogP contribution in [0.2, 0.25) is 0 Å². The zero-order valence-corrected chi connectivity index (χ0v) is 7.45. The van der Waals surface area contributed by atoms with Gasteiger partial charge in [-0.1, -0.05) is 4.49 Å². The Hall–Kier alpha value is -1.29. The van der Waals surface area contributed by atoms with E-state index < -0.39 is 0 Å². The Morgan fingerprint density at radius 2 is 2.08 bits per heavy atom.